The second-order valence-corrected chi connectivity index (χ2v) is 8.07. The maximum Gasteiger partial charge on any atom is 0.307 e. The summed E-state index contributed by atoms with van der Waals surface area (Å²) in [5.41, 5.74) is 0. The van der Waals surface area contributed by atoms with Crippen molar-refractivity contribution >= 4 is 28.8 Å². The second kappa shape index (κ2) is 6.58. The van der Waals surface area contributed by atoms with Gasteiger partial charge in [0.2, 0.25) is 0 Å². The molecule has 1 unspecified atom stereocenters. The van der Waals surface area contributed by atoms with E-state index in [0.717, 1.165) is 16.1 Å². The fourth-order valence-corrected chi connectivity index (χ4v) is 5.23. The third kappa shape index (κ3) is 2.97. The lowest BCUT2D eigenvalue weighted by atomic mass is 10.1. The Labute approximate surface area is 147 Å². The first kappa shape index (κ1) is 15.7. The SMILES string of the molecule is O=P(Oc1ccccc1)(c1ccccc1)c1cccc2ccccc12. The molecule has 0 aliphatic carbocycles. The van der Waals surface area contributed by atoms with E-state index in [4.69, 9.17) is 4.52 Å². The topological polar surface area (TPSA) is 26.3 Å². The van der Waals surface area contributed by atoms with Crippen molar-refractivity contribution in [1.82, 2.24) is 0 Å². The average Bonchev–Trinajstić information content (AvgIpc) is 2.69. The molecule has 0 spiro atoms. The summed E-state index contributed by atoms with van der Waals surface area (Å²) in [4.78, 5) is 0. The zero-order chi connectivity index (χ0) is 17.1. The average molecular weight is 344 g/mol. The van der Waals surface area contributed by atoms with Crippen LogP contribution in [0.25, 0.3) is 10.8 Å². The second-order valence-electron chi connectivity index (χ2n) is 5.79. The molecule has 122 valence electrons. The standard InChI is InChI=1S/C22H17O2P/c23-25(20-14-5-2-6-15-20,24-19-12-3-1-4-13-19)22-17-9-11-18-10-7-8-16-21(18)22/h1-17H. The summed E-state index contributed by atoms with van der Waals surface area (Å²) >= 11 is 0. The summed E-state index contributed by atoms with van der Waals surface area (Å²) in [7, 11) is -3.29. The van der Waals surface area contributed by atoms with E-state index >= 15 is 0 Å². The van der Waals surface area contributed by atoms with E-state index in [0.29, 0.717) is 11.1 Å². The first-order valence-corrected chi connectivity index (χ1v) is 9.78. The molecule has 4 aromatic carbocycles. The van der Waals surface area contributed by atoms with Gasteiger partial charge < -0.3 is 4.52 Å². The molecule has 4 rings (SSSR count). The summed E-state index contributed by atoms with van der Waals surface area (Å²) in [6.45, 7) is 0. The van der Waals surface area contributed by atoms with E-state index in [1.807, 2.05) is 103 Å². The van der Waals surface area contributed by atoms with Crippen LogP contribution in [0.15, 0.2) is 103 Å². The van der Waals surface area contributed by atoms with E-state index < -0.39 is 7.37 Å². The van der Waals surface area contributed by atoms with Crippen LogP contribution < -0.4 is 15.1 Å². The third-order valence-corrected chi connectivity index (χ3v) is 6.63. The Hall–Kier alpha value is -2.83. The zero-order valence-electron chi connectivity index (χ0n) is 13.6. The van der Waals surface area contributed by atoms with Gasteiger partial charge in [-0.15, -0.1) is 0 Å². The van der Waals surface area contributed by atoms with Gasteiger partial charge >= 0.3 is 7.37 Å². The first-order chi connectivity index (χ1) is 12.3. The Kier molecular flexibility index (Phi) is 4.13. The van der Waals surface area contributed by atoms with Gasteiger partial charge in [-0.05, 0) is 41.1 Å². The van der Waals surface area contributed by atoms with Crippen LogP contribution in [0, 0.1) is 0 Å². The molecule has 0 bridgehead atoms. The molecule has 2 nitrogen and oxygen atoms in total. The monoisotopic (exact) mass is 344 g/mol. The Bertz CT molecular complexity index is 1040. The van der Waals surface area contributed by atoms with Crippen molar-refractivity contribution in [3.8, 4) is 5.75 Å². The molecule has 4 aromatic rings. The van der Waals surface area contributed by atoms with E-state index in [1.54, 1.807) is 0 Å². The number of para-hydroxylation sites is 1. The van der Waals surface area contributed by atoms with Gasteiger partial charge in [0.15, 0.2) is 0 Å². The fraction of sp³-hybridized carbons (Fsp3) is 0. The van der Waals surface area contributed by atoms with Crippen molar-refractivity contribution in [2.45, 2.75) is 0 Å². The van der Waals surface area contributed by atoms with Gasteiger partial charge in [-0.1, -0.05) is 72.8 Å². The highest BCUT2D eigenvalue weighted by atomic mass is 31.2. The summed E-state index contributed by atoms with van der Waals surface area (Å²) in [5, 5.41) is 3.41. The van der Waals surface area contributed by atoms with E-state index in [2.05, 4.69) is 0 Å². The normalized spacial score (nSPS) is 13.3. The van der Waals surface area contributed by atoms with Crippen LogP contribution in [0.5, 0.6) is 5.75 Å². The molecule has 3 heteroatoms. The van der Waals surface area contributed by atoms with Crippen LogP contribution >= 0.6 is 7.37 Å². The van der Waals surface area contributed by atoms with Gasteiger partial charge in [0.05, 0.1) is 10.6 Å². The van der Waals surface area contributed by atoms with Crippen LogP contribution in [0.4, 0.5) is 0 Å². The highest BCUT2D eigenvalue weighted by molar-refractivity contribution is 7.75. The van der Waals surface area contributed by atoms with Crippen molar-refractivity contribution in [1.29, 1.82) is 0 Å². The largest absolute Gasteiger partial charge is 0.437 e. The molecule has 0 saturated heterocycles. The summed E-state index contributed by atoms with van der Waals surface area (Å²) in [6.07, 6.45) is 0. The molecule has 0 aliphatic rings. The molecule has 0 amide bonds. The fourth-order valence-electron chi connectivity index (χ4n) is 2.96. The Morgan fingerprint density at radius 3 is 1.96 bits per heavy atom. The van der Waals surface area contributed by atoms with Crippen LogP contribution in [0.2, 0.25) is 0 Å². The minimum atomic E-state index is -3.29. The van der Waals surface area contributed by atoms with Crippen molar-refractivity contribution in [2.75, 3.05) is 0 Å². The lowest BCUT2D eigenvalue weighted by Crippen LogP contribution is -2.21. The number of fused-ring (bicyclic) bond motifs is 1. The molecule has 25 heavy (non-hydrogen) atoms. The minimum Gasteiger partial charge on any atom is -0.437 e. The van der Waals surface area contributed by atoms with E-state index in [9.17, 15) is 4.57 Å². The molecule has 1 atom stereocenters. The van der Waals surface area contributed by atoms with Crippen LogP contribution in [-0.4, -0.2) is 0 Å². The third-order valence-electron chi connectivity index (χ3n) is 4.16. The van der Waals surface area contributed by atoms with Gasteiger partial charge in [-0.3, -0.25) is 4.57 Å². The Morgan fingerprint density at radius 2 is 1.20 bits per heavy atom. The van der Waals surface area contributed by atoms with Crippen LogP contribution in [0.1, 0.15) is 0 Å². The van der Waals surface area contributed by atoms with Crippen molar-refractivity contribution in [2.24, 2.45) is 0 Å². The Balaban J connectivity index is 1.96. The van der Waals surface area contributed by atoms with Crippen molar-refractivity contribution < 1.29 is 9.09 Å². The molecule has 0 saturated carbocycles. The van der Waals surface area contributed by atoms with E-state index in [-0.39, 0.29) is 0 Å². The van der Waals surface area contributed by atoms with Gasteiger partial charge in [0, 0.05) is 0 Å². The molecular weight excluding hydrogens is 327 g/mol. The lowest BCUT2D eigenvalue weighted by Gasteiger charge is -2.22. The summed E-state index contributed by atoms with van der Waals surface area (Å²) < 4.78 is 20.3. The molecule has 0 heterocycles. The zero-order valence-corrected chi connectivity index (χ0v) is 14.5. The molecule has 0 fully saturated rings. The number of benzene rings is 4. The highest BCUT2D eigenvalue weighted by Gasteiger charge is 2.31. The Morgan fingerprint density at radius 1 is 0.600 bits per heavy atom. The van der Waals surface area contributed by atoms with Crippen LogP contribution in [0.3, 0.4) is 0 Å². The molecule has 0 aliphatic heterocycles. The molecule has 0 N–H and O–H groups in total. The minimum absolute atomic E-state index is 0.600. The van der Waals surface area contributed by atoms with Gasteiger partial charge in [0.25, 0.3) is 0 Å². The highest BCUT2D eigenvalue weighted by Crippen LogP contribution is 2.46. The van der Waals surface area contributed by atoms with Crippen LogP contribution in [-0.2, 0) is 4.57 Å². The smallest absolute Gasteiger partial charge is 0.307 e. The predicted molar refractivity (Wildman–Crippen MR) is 104 cm³/mol. The molecular formula is C22H17O2P. The van der Waals surface area contributed by atoms with Gasteiger partial charge in [-0.2, -0.15) is 0 Å². The maximum absolute atomic E-state index is 14.2. The molecule has 0 radical (unpaired) electrons. The maximum atomic E-state index is 14.2. The lowest BCUT2D eigenvalue weighted by molar-refractivity contribution is 0.503. The molecule has 0 aromatic heterocycles. The van der Waals surface area contributed by atoms with Gasteiger partial charge in [0.1, 0.15) is 5.75 Å². The number of hydrogen-bond donors (Lipinski definition) is 0. The van der Waals surface area contributed by atoms with Gasteiger partial charge in [-0.25, -0.2) is 0 Å². The number of hydrogen-bond acceptors (Lipinski definition) is 2. The summed E-state index contributed by atoms with van der Waals surface area (Å²) in [5.74, 6) is 0.600. The van der Waals surface area contributed by atoms with Crippen molar-refractivity contribution in [3.05, 3.63) is 103 Å². The first-order valence-electron chi connectivity index (χ1n) is 8.16. The summed E-state index contributed by atoms with van der Waals surface area (Å²) in [6, 6.07) is 32.6. The predicted octanol–water partition coefficient (Wildman–Crippen LogP) is 5.15. The quantitative estimate of drug-likeness (QED) is 0.479. The van der Waals surface area contributed by atoms with Crippen molar-refractivity contribution in [3.63, 3.8) is 0 Å². The van der Waals surface area contributed by atoms with E-state index in [1.165, 1.54) is 0 Å². The number of rotatable bonds is 4.